The van der Waals surface area contributed by atoms with Crippen LogP contribution in [0.15, 0.2) is 42.7 Å². The molecule has 290 valence electrons. The normalized spacial score (nSPS) is 21.9. The number of halogens is 2. The highest BCUT2D eigenvalue weighted by Crippen LogP contribution is 2.37. The molecule has 5 heterocycles. The molecule has 0 radical (unpaired) electrons. The van der Waals surface area contributed by atoms with E-state index in [1.54, 1.807) is 31.6 Å². The third-order valence-electron chi connectivity index (χ3n) is 11.0. The number of aromatic nitrogens is 4. The average Bonchev–Trinajstić information content (AvgIpc) is 3.70. The lowest BCUT2D eigenvalue weighted by molar-refractivity contribution is -0.135. The molecule has 1 aliphatic carbocycles. The molecule has 4 aromatic rings. The zero-order valence-electron chi connectivity index (χ0n) is 31.4. The minimum Gasteiger partial charge on any atom is -0.444 e. The molecule has 0 bridgehead atoms. The van der Waals surface area contributed by atoms with Crippen molar-refractivity contribution in [2.75, 3.05) is 31.6 Å². The Hall–Kier alpha value is -4.43. The van der Waals surface area contributed by atoms with Gasteiger partial charge in [-0.05, 0) is 108 Å². The van der Waals surface area contributed by atoms with E-state index in [0.717, 1.165) is 92.9 Å². The van der Waals surface area contributed by atoms with Crippen molar-refractivity contribution in [3.8, 4) is 0 Å². The van der Waals surface area contributed by atoms with Gasteiger partial charge >= 0.3 is 6.09 Å². The number of hydrogen-bond donors (Lipinski definition) is 2. The fraction of sp³-hybridized carbons (Fsp3) is 0.575. The number of likely N-dealkylation sites (tertiary alicyclic amines) is 1. The van der Waals surface area contributed by atoms with Crippen LogP contribution in [-0.2, 0) is 25.5 Å². The second kappa shape index (κ2) is 16.1. The first kappa shape index (κ1) is 37.9. The summed E-state index contributed by atoms with van der Waals surface area (Å²) < 4.78 is 42.8. The molecule has 3 fully saturated rings. The van der Waals surface area contributed by atoms with Crippen LogP contribution < -0.4 is 10.6 Å². The van der Waals surface area contributed by atoms with Gasteiger partial charge in [0.2, 0.25) is 11.8 Å². The van der Waals surface area contributed by atoms with Crippen LogP contribution in [0, 0.1) is 5.92 Å². The molecular formula is C40H51F2N7O5. The van der Waals surface area contributed by atoms with Crippen molar-refractivity contribution in [1.29, 1.82) is 0 Å². The van der Waals surface area contributed by atoms with Crippen molar-refractivity contribution < 1.29 is 32.6 Å². The molecule has 54 heavy (non-hydrogen) atoms. The molecule has 14 heteroatoms. The summed E-state index contributed by atoms with van der Waals surface area (Å²) in [6.07, 6.45) is 8.07. The molecule has 2 aliphatic heterocycles. The summed E-state index contributed by atoms with van der Waals surface area (Å²) in [5.41, 5.74) is 1.74. The Morgan fingerprint density at radius 2 is 1.81 bits per heavy atom. The van der Waals surface area contributed by atoms with E-state index in [0.29, 0.717) is 25.4 Å². The molecular weight excluding hydrogens is 696 g/mol. The summed E-state index contributed by atoms with van der Waals surface area (Å²) in [4.78, 5) is 44.1. The summed E-state index contributed by atoms with van der Waals surface area (Å²) >= 11 is 0. The lowest BCUT2D eigenvalue weighted by Gasteiger charge is -2.36. The first-order valence-electron chi connectivity index (χ1n) is 19.3. The number of ether oxygens (including phenoxy) is 2. The van der Waals surface area contributed by atoms with Gasteiger partial charge in [0.05, 0.1) is 23.3 Å². The maximum atomic E-state index is 13.8. The second-order valence-corrected chi connectivity index (χ2v) is 16.0. The van der Waals surface area contributed by atoms with Crippen molar-refractivity contribution in [3.05, 3.63) is 54.0 Å². The van der Waals surface area contributed by atoms with Gasteiger partial charge in [-0.3, -0.25) is 24.9 Å². The van der Waals surface area contributed by atoms with E-state index in [4.69, 9.17) is 9.47 Å². The Morgan fingerprint density at radius 3 is 2.54 bits per heavy atom. The van der Waals surface area contributed by atoms with Crippen LogP contribution >= 0.6 is 0 Å². The summed E-state index contributed by atoms with van der Waals surface area (Å²) in [5, 5.41) is 11.3. The second-order valence-electron chi connectivity index (χ2n) is 16.0. The molecule has 3 aliphatic rings. The number of nitrogens with zero attached hydrogens (tertiary/aromatic N) is 5. The zero-order chi connectivity index (χ0) is 38.0. The number of carbonyl (C=O) groups is 3. The smallest absolute Gasteiger partial charge is 0.412 e. The van der Waals surface area contributed by atoms with Gasteiger partial charge in [0, 0.05) is 55.8 Å². The van der Waals surface area contributed by atoms with Gasteiger partial charge in [0.25, 0.3) is 6.43 Å². The van der Waals surface area contributed by atoms with E-state index in [1.807, 2.05) is 22.8 Å². The molecule has 1 unspecified atom stereocenters. The summed E-state index contributed by atoms with van der Waals surface area (Å²) in [6.45, 7) is 8.84. The molecule has 3 amide bonds. The number of nitrogens with one attached hydrogen (secondary N) is 2. The number of imide groups is 1. The predicted molar refractivity (Wildman–Crippen MR) is 200 cm³/mol. The van der Waals surface area contributed by atoms with Gasteiger partial charge in [-0.25, -0.2) is 18.6 Å². The van der Waals surface area contributed by atoms with Crippen molar-refractivity contribution in [3.63, 3.8) is 0 Å². The highest BCUT2D eigenvalue weighted by molar-refractivity contribution is 6.10. The predicted octanol–water partition coefficient (Wildman–Crippen LogP) is 7.49. The maximum absolute atomic E-state index is 13.8. The number of rotatable bonds is 11. The van der Waals surface area contributed by atoms with Gasteiger partial charge in [-0.2, -0.15) is 5.10 Å². The maximum Gasteiger partial charge on any atom is 0.412 e. The van der Waals surface area contributed by atoms with E-state index >= 15 is 0 Å². The minimum atomic E-state index is -2.81. The molecule has 1 saturated carbocycles. The van der Waals surface area contributed by atoms with Crippen molar-refractivity contribution in [1.82, 2.24) is 29.5 Å². The number of benzene rings is 1. The van der Waals surface area contributed by atoms with E-state index in [2.05, 4.69) is 37.7 Å². The Balaban J connectivity index is 0.863. The SMILES string of the molecule is CC(C)(C)OC(=O)Nc1cn(C2CCC(CN3CCC(OCCCc4cccc5c4c4cccnc4n5C4CCC(=O)NC4=O)CC3)CC2)nc1C(F)F. The lowest BCUT2D eigenvalue weighted by atomic mass is 9.85. The fourth-order valence-corrected chi connectivity index (χ4v) is 8.44. The Labute approximate surface area is 313 Å². The van der Waals surface area contributed by atoms with Crippen molar-refractivity contribution in [2.24, 2.45) is 5.92 Å². The molecule has 0 spiro atoms. The van der Waals surface area contributed by atoms with Gasteiger partial charge in [-0.15, -0.1) is 0 Å². The Kier molecular flexibility index (Phi) is 11.3. The zero-order valence-corrected chi connectivity index (χ0v) is 31.4. The number of aryl methyl sites for hydroxylation is 1. The fourth-order valence-electron chi connectivity index (χ4n) is 8.44. The Morgan fingerprint density at radius 1 is 1.04 bits per heavy atom. The van der Waals surface area contributed by atoms with Gasteiger partial charge in [-0.1, -0.05) is 12.1 Å². The average molecular weight is 748 g/mol. The van der Waals surface area contributed by atoms with Crippen LogP contribution in [0.25, 0.3) is 21.9 Å². The number of alkyl halides is 2. The topological polar surface area (TPSA) is 133 Å². The molecule has 3 aromatic heterocycles. The number of hydrogen-bond acceptors (Lipinski definition) is 8. The summed E-state index contributed by atoms with van der Waals surface area (Å²) in [6, 6.07) is 9.73. The number of anilines is 1. The third kappa shape index (κ3) is 8.59. The number of amides is 3. The monoisotopic (exact) mass is 747 g/mol. The van der Waals surface area contributed by atoms with Crippen LogP contribution in [0.1, 0.15) is 108 Å². The van der Waals surface area contributed by atoms with Gasteiger partial charge in [0.15, 0.2) is 5.69 Å². The van der Waals surface area contributed by atoms with Crippen LogP contribution in [-0.4, -0.2) is 80.1 Å². The van der Waals surface area contributed by atoms with Crippen LogP contribution in [0.5, 0.6) is 0 Å². The molecule has 1 atom stereocenters. The van der Waals surface area contributed by atoms with E-state index in [1.165, 1.54) is 11.8 Å². The van der Waals surface area contributed by atoms with Crippen LogP contribution in [0.4, 0.5) is 19.3 Å². The molecule has 1 aromatic carbocycles. The van der Waals surface area contributed by atoms with Gasteiger partial charge in [0.1, 0.15) is 17.3 Å². The number of piperidine rings is 2. The molecule has 2 saturated heterocycles. The highest BCUT2D eigenvalue weighted by atomic mass is 19.3. The standard InChI is InChI=1S/C40H51F2N7O5/c1-40(2,3)54-39(52)44-30-24-48(46-35(30)36(41)42)27-13-11-25(12-14-27)23-47-20-17-28(18-21-47)53-22-6-8-26-7-4-10-31-34(26)29-9-5-19-43-37(29)49(31)32-15-16-33(50)45-38(32)51/h4-5,7,9-10,19,24-25,27-28,32,36H,6,8,11-18,20-23H2,1-3H3,(H,44,52)(H,45,50,51). The van der Waals surface area contributed by atoms with Crippen LogP contribution in [0.3, 0.4) is 0 Å². The molecule has 2 N–H and O–H groups in total. The number of carbonyl (C=O) groups excluding carboxylic acids is 3. The number of fused-ring (bicyclic) bond motifs is 3. The van der Waals surface area contributed by atoms with Crippen molar-refractivity contribution >= 4 is 45.5 Å². The van der Waals surface area contributed by atoms with E-state index < -0.39 is 29.9 Å². The van der Waals surface area contributed by atoms with Crippen molar-refractivity contribution in [2.45, 2.75) is 115 Å². The first-order chi connectivity index (χ1) is 25.9. The Bertz CT molecular complexity index is 1970. The molecule has 12 nitrogen and oxygen atoms in total. The first-order valence-corrected chi connectivity index (χ1v) is 19.3. The minimum absolute atomic E-state index is 0.00302. The quantitative estimate of drug-likeness (QED) is 0.119. The summed E-state index contributed by atoms with van der Waals surface area (Å²) in [7, 11) is 0. The third-order valence-corrected chi connectivity index (χ3v) is 11.0. The largest absolute Gasteiger partial charge is 0.444 e. The van der Waals surface area contributed by atoms with Gasteiger partial charge < -0.3 is 18.9 Å². The summed E-state index contributed by atoms with van der Waals surface area (Å²) in [5.74, 6) is 0.0308. The highest BCUT2D eigenvalue weighted by Gasteiger charge is 2.32. The lowest BCUT2D eigenvalue weighted by Crippen LogP contribution is -2.41. The number of pyridine rings is 1. The van der Waals surface area contributed by atoms with Crippen LogP contribution in [0.2, 0.25) is 0 Å². The molecule has 7 rings (SSSR count). The van der Waals surface area contributed by atoms with E-state index in [-0.39, 0.29) is 29.6 Å². The van der Waals surface area contributed by atoms with E-state index in [9.17, 15) is 23.2 Å².